The lowest BCUT2D eigenvalue weighted by molar-refractivity contribution is 0.0564. The molecule has 12 heteroatoms. The van der Waals surface area contributed by atoms with Gasteiger partial charge in [-0.05, 0) is 54.0 Å². The number of amides is 4. The second-order valence-electron chi connectivity index (χ2n) is 17.3. The van der Waals surface area contributed by atoms with E-state index < -0.39 is 5.91 Å². The average molecular weight is 895 g/mol. The summed E-state index contributed by atoms with van der Waals surface area (Å²) in [6.45, 7) is 9.36. The van der Waals surface area contributed by atoms with E-state index in [1.807, 2.05) is 35.0 Å². The number of hydrogen-bond acceptors (Lipinski definition) is 10. The standard InChI is InChI=1S/C49H58N4O4S4/c1-5-8-11-14-15-18-23-31(22-17-13-10-7-3)29-53-47(55)37-35-34-36(40-43(39(35)49(53)57)61-44(50-40)32-24-19-26-58-32)46(54)52(28-30(4)21-16-12-9-6-2)48(56)38(34)42-41(37)51-45(60-42)33-25-20-27-59-33/h19-20,24-27,30-31H,5-18,21-23,28-29H2,1-4H3. The van der Waals surface area contributed by atoms with Gasteiger partial charge in [-0.25, -0.2) is 9.97 Å². The molecule has 0 saturated heterocycles. The van der Waals surface area contributed by atoms with Gasteiger partial charge >= 0.3 is 0 Å². The molecule has 2 atom stereocenters. The third-order valence-electron chi connectivity index (χ3n) is 12.6. The fourth-order valence-electron chi connectivity index (χ4n) is 9.40. The van der Waals surface area contributed by atoms with Crippen LogP contribution in [0.5, 0.6) is 0 Å². The molecule has 8 rings (SSSR count). The second kappa shape index (κ2) is 19.7. The van der Waals surface area contributed by atoms with Gasteiger partial charge in [0.05, 0.1) is 52.4 Å². The van der Waals surface area contributed by atoms with E-state index >= 15 is 19.2 Å². The average Bonchev–Trinajstić information content (AvgIpc) is 4.10. The lowest BCUT2D eigenvalue weighted by atomic mass is 9.83. The largest absolute Gasteiger partial charge is 0.274 e. The monoisotopic (exact) mass is 894 g/mol. The number of carbonyl (C=O) groups excluding carboxylic acids is 4. The molecule has 0 radical (unpaired) electrons. The van der Waals surface area contributed by atoms with Gasteiger partial charge in [0.1, 0.15) is 10.0 Å². The van der Waals surface area contributed by atoms with Gasteiger partial charge in [0.25, 0.3) is 23.6 Å². The van der Waals surface area contributed by atoms with Crippen LogP contribution in [0.2, 0.25) is 0 Å². The molecule has 6 aromatic rings. The summed E-state index contributed by atoms with van der Waals surface area (Å²) < 4.78 is 1.19. The van der Waals surface area contributed by atoms with Crippen molar-refractivity contribution >= 4 is 100 Å². The first-order valence-corrected chi connectivity index (χ1v) is 26.2. The molecule has 322 valence electrons. The molecule has 2 aromatic carbocycles. The van der Waals surface area contributed by atoms with Gasteiger partial charge < -0.3 is 0 Å². The SMILES string of the molecule is CCCCCCCCC(CCCCCC)CN1C(=O)c2c3nc(-c4cccs4)sc3c3c4c(c5nc(-c6cccs6)sc5c(c24)C1=O)C(=O)N(CC(C)CCCCCC)C3=O. The van der Waals surface area contributed by atoms with Crippen LogP contribution in [0.15, 0.2) is 35.0 Å². The highest BCUT2D eigenvalue weighted by molar-refractivity contribution is 7.26. The zero-order chi connectivity index (χ0) is 42.6. The number of unbranched alkanes of at least 4 members (excludes halogenated alkanes) is 11. The molecule has 2 aliphatic heterocycles. The quantitative estimate of drug-likeness (QED) is 0.0469. The Morgan fingerprint density at radius 2 is 0.934 bits per heavy atom. The fourth-order valence-corrected chi connectivity index (χ4v) is 13.2. The maximum absolute atomic E-state index is 15.4. The predicted octanol–water partition coefficient (Wildman–Crippen LogP) is 14.7. The Morgan fingerprint density at radius 1 is 0.525 bits per heavy atom. The van der Waals surface area contributed by atoms with Gasteiger partial charge in [-0.1, -0.05) is 130 Å². The molecule has 0 N–H and O–H groups in total. The molecule has 0 fully saturated rings. The Hall–Kier alpha value is -3.84. The number of carbonyl (C=O) groups is 4. The summed E-state index contributed by atoms with van der Waals surface area (Å²) in [6, 6.07) is 7.95. The van der Waals surface area contributed by atoms with E-state index in [-0.39, 0.29) is 36.1 Å². The molecule has 0 spiro atoms. The molecule has 2 unspecified atom stereocenters. The van der Waals surface area contributed by atoms with E-state index in [4.69, 9.17) is 9.97 Å². The number of thiazole rings is 2. The first kappa shape index (κ1) is 43.8. The van der Waals surface area contributed by atoms with Crippen LogP contribution in [-0.4, -0.2) is 56.5 Å². The number of imide groups is 2. The molecular formula is C49H58N4O4S4. The molecule has 61 heavy (non-hydrogen) atoms. The molecule has 6 heterocycles. The maximum Gasteiger partial charge on any atom is 0.263 e. The minimum Gasteiger partial charge on any atom is -0.274 e. The van der Waals surface area contributed by atoms with E-state index in [0.29, 0.717) is 70.0 Å². The number of benzene rings is 2. The lowest BCUT2D eigenvalue weighted by Gasteiger charge is -2.34. The second-order valence-corrected chi connectivity index (χ2v) is 21.2. The van der Waals surface area contributed by atoms with Crippen LogP contribution in [-0.2, 0) is 0 Å². The summed E-state index contributed by atoms with van der Waals surface area (Å²) in [7, 11) is 0. The van der Waals surface area contributed by atoms with Gasteiger partial charge in [-0.2, -0.15) is 0 Å². The van der Waals surface area contributed by atoms with Crippen LogP contribution in [0.4, 0.5) is 0 Å². The molecule has 0 saturated carbocycles. The molecule has 4 aromatic heterocycles. The van der Waals surface area contributed by atoms with E-state index in [1.165, 1.54) is 64.6 Å². The third kappa shape index (κ3) is 8.63. The van der Waals surface area contributed by atoms with Crippen LogP contribution in [0.3, 0.4) is 0 Å². The smallest absolute Gasteiger partial charge is 0.263 e. The summed E-state index contributed by atoms with van der Waals surface area (Å²) in [5.41, 5.74) is 2.27. The van der Waals surface area contributed by atoms with Gasteiger partial charge in [-0.15, -0.1) is 45.3 Å². The highest BCUT2D eigenvalue weighted by atomic mass is 32.1. The zero-order valence-electron chi connectivity index (χ0n) is 36.1. The van der Waals surface area contributed by atoms with Crippen molar-refractivity contribution in [3.8, 4) is 19.8 Å². The van der Waals surface area contributed by atoms with Crippen molar-refractivity contribution in [3.05, 3.63) is 57.3 Å². The van der Waals surface area contributed by atoms with Crippen molar-refractivity contribution in [3.63, 3.8) is 0 Å². The lowest BCUT2D eigenvalue weighted by Crippen LogP contribution is -2.45. The Morgan fingerprint density at radius 3 is 1.39 bits per heavy atom. The summed E-state index contributed by atoms with van der Waals surface area (Å²) in [4.78, 5) is 76.0. The minimum absolute atomic E-state index is 0.0911. The molecule has 8 nitrogen and oxygen atoms in total. The Labute approximate surface area is 375 Å². The van der Waals surface area contributed by atoms with Crippen molar-refractivity contribution in [1.29, 1.82) is 0 Å². The number of thiophene rings is 2. The number of fused-ring (bicyclic) bond motifs is 6. The van der Waals surface area contributed by atoms with E-state index in [9.17, 15) is 0 Å². The van der Waals surface area contributed by atoms with Crippen LogP contribution >= 0.6 is 45.3 Å². The fraction of sp³-hybridized carbons (Fsp3) is 0.510. The van der Waals surface area contributed by atoms with Crippen LogP contribution in [0.1, 0.15) is 178 Å². The Kier molecular flexibility index (Phi) is 14.1. The van der Waals surface area contributed by atoms with Gasteiger partial charge in [0.15, 0.2) is 0 Å². The number of nitrogens with zero attached hydrogens (tertiary/aromatic N) is 4. The van der Waals surface area contributed by atoms with Gasteiger partial charge in [0, 0.05) is 23.9 Å². The van der Waals surface area contributed by atoms with Gasteiger partial charge in [0.2, 0.25) is 0 Å². The Bertz CT molecular complexity index is 2390. The van der Waals surface area contributed by atoms with Crippen LogP contribution in [0, 0.1) is 11.8 Å². The molecule has 0 aliphatic carbocycles. The van der Waals surface area contributed by atoms with Crippen molar-refractivity contribution < 1.29 is 19.2 Å². The highest BCUT2D eigenvalue weighted by Gasteiger charge is 2.46. The van der Waals surface area contributed by atoms with E-state index in [0.717, 1.165) is 86.8 Å². The first-order valence-electron chi connectivity index (χ1n) is 22.8. The van der Waals surface area contributed by atoms with Crippen LogP contribution in [0.25, 0.3) is 51.0 Å². The normalized spacial score (nSPS) is 15.1. The molecule has 4 amide bonds. The molecule has 2 aliphatic rings. The zero-order valence-corrected chi connectivity index (χ0v) is 39.4. The molecule has 0 bridgehead atoms. The highest BCUT2D eigenvalue weighted by Crippen LogP contribution is 2.51. The first-order chi connectivity index (χ1) is 29.8. The number of hydrogen-bond donors (Lipinski definition) is 0. The van der Waals surface area contributed by atoms with Crippen molar-refractivity contribution in [1.82, 2.24) is 19.8 Å². The van der Waals surface area contributed by atoms with Crippen molar-refractivity contribution in [2.24, 2.45) is 11.8 Å². The summed E-state index contributed by atoms with van der Waals surface area (Å²) >= 11 is 5.92. The Balaban J connectivity index is 1.31. The minimum atomic E-state index is -0.404. The number of aromatic nitrogens is 2. The van der Waals surface area contributed by atoms with Crippen LogP contribution < -0.4 is 0 Å². The summed E-state index contributed by atoms with van der Waals surface area (Å²) in [5, 5.41) is 6.20. The predicted molar refractivity (Wildman–Crippen MR) is 256 cm³/mol. The third-order valence-corrected chi connectivity index (χ3v) is 16.9. The topological polar surface area (TPSA) is 101 Å². The molecular weight excluding hydrogens is 837 g/mol. The van der Waals surface area contributed by atoms with E-state index in [2.05, 4.69) is 27.7 Å². The van der Waals surface area contributed by atoms with E-state index in [1.54, 1.807) is 22.7 Å². The summed E-state index contributed by atoms with van der Waals surface area (Å²) in [5.74, 6) is -1.28. The van der Waals surface area contributed by atoms with Crippen molar-refractivity contribution in [2.75, 3.05) is 13.1 Å². The van der Waals surface area contributed by atoms with Gasteiger partial charge in [-0.3, -0.25) is 29.0 Å². The van der Waals surface area contributed by atoms with Crippen molar-refractivity contribution in [2.45, 2.75) is 137 Å². The summed E-state index contributed by atoms with van der Waals surface area (Å²) in [6.07, 6.45) is 18.9. The number of rotatable bonds is 23. The maximum atomic E-state index is 15.4.